The number of phenols is 1. The molecule has 22 heavy (non-hydrogen) atoms. The smallest absolute Gasteiger partial charge is 0.320 e. The second kappa shape index (κ2) is 8.44. The molecule has 1 atom stereocenters. The van der Waals surface area contributed by atoms with Gasteiger partial charge in [-0.3, -0.25) is 4.79 Å². The van der Waals surface area contributed by atoms with Crippen LogP contribution in [0.4, 0.5) is 0 Å². The van der Waals surface area contributed by atoms with Gasteiger partial charge >= 0.3 is 5.97 Å². The molecule has 1 unspecified atom stereocenters. The van der Waals surface area contributed by atoms with Crippen molar-refractivity contribution in [2.45, 2.75) is 39.3 Å². The molecule has 0 radical (unpaired) electrons. The largest absolute Gasteiger partial charge is 0.504 e. The number of nitrogens with one attached hydrogen (secondary N) is 1. The zero-order chi connectivity index (χ0) is 16.7. The van der Waals surface area contributed by atoms with E-state index in [1.807, 2.05) is 19.9 Å². The van der Waals surface area contributed by atoms with E-state index in [0.717, 1.165) is 5.56 Å². The molecular formula is C17H25NO4. The zero-order valence-corrected chi connectivity index (χ0v) is 13.4. The van der Waals surface area contributed by atoms with Gasteiger partial charge in [0.2, 0.25) is 0 Å². The minimum Gasteiger partial charge on any atom is -0.504 e. The van der Waals surface area contributed by atoms with E-state index in [-0.39, 0.29) is 5.75 Å². The molecule has 5 heteroatoms. The second-order valence-electron chi connectivity index (χ2n) is 5.70. The van der Waals surface area contributed by atoms with Crippen LogP contribution in [0.2, 0.25) is 0 Å². The summed E-state index contributed by atoms with van der Waals surface area (Å²) in [5.74, 6) is -0.0833. The van der Waals surface area contributed by atoms with Crippen molar-refractivity contribution >= 4 is 5.97 Å². The van der Waals surface area contributed by atoms with Crippen molar-refractivity contribution in [1.29, 1.82) is 0 Å². The number of aliphatic carboxylic acids is 1. The Morgan fingerprint density at radius 1 is 1.45 bits per heavy atom. The molecule has 0 saturated heterocycles. The summed E-state index contributed by atoms with van der Waals surface area (Å²) in [4.78, 5) is 11.3. The van der Waals surface area contributed by atoms with Gasteiger partial charge in [-0.25, -0.2) is 0 Å². The van der Waals surface area contributed by atoms with Crippen LogP contribution in [0, 0.1) is 5.92 Å². The fourth-order valence-electron chi connectivity index (χ4n) is 2.28. The van der Waals surface area contributed by atoms with Crippen molar-refractivity contribution < 1.29 is 19.7 Å². The molecular weight excluding hydrogens is 282 g/mol. The summed E-state index contributed by atoms with van der Waals surface area (Å²) in [5.41, 5.74) is 1.57. The van der Waals surface area contributed by atoms with Gasteiger partial charge in [-0.15, -0.1) is 6.58 Å². The average molecular weight is 307 g/mol. The van der Waals surface area contributed by atoms with E-state index < -0.39 is 12.0 Å². The highest BCUT2D eigenvalue weighted by Gasteiger charge is 2.18. The first-order valence-electron chi connectivity index (χ1n) is 7.34. The van der Waals surface area contributed by atoms with Gasteiger partial charge in [0.1, 0.15) is 6.04 Å². The first-order valence-corrected chi connectivity index (χ1v) is 7.34. The Kier molecular flexibility index (Phi) is 6.92. The first-order chi connectivity index (χ1) is 10.4. The Morgan fingerprint density at radius 3 is 2.64 bits per heavy atom. The van der Waals surface area contributed by atoms with Crippen LogP contribution in [-0.2, 0) is 17.8 Å². The van der Waals surface area contributed by atoms with Gasteiger partial charge in [-0.05, 0) is 30.4 Å². The number of carbonyl (C=O) groups is 1. The normalized spacial score (nSPS) is 12.2. The Morgan fingerprint density at radius 2 is 2.14 bits per heavy atom. The molecule has 0 aliphatic heterocycles. The molecule has 0 amide bonds. The summed E-state index contributed by atoms with van der Waals surface area (Å²) in [6.07, 6.45) is 2.78. The molecule has 1 aromatic rings. The molecule has 0 fully saturated rings. The summed E-state index contributed by atoms with van der Waals surface area (Å²) in [6, 6.07) is 2.95. The van der Waals surface area contributed by atoms with Gasteiger partial charge in [0, 0.05) is 12.1 Å². The zero-order valence-electron chi connectivity index (χ0n) is 13.4. The van der Waals surface area contributed by atoms with E-state index in [1.54, 1.807) is 12.1 Å². The molecule has 1 rings (SSSR count). The third-order valence-electron chi connectivity index (χ3n) is 3.36. The molecule has 0 aliphatic rings. The highest BCUT2D eigenvalue weighted by atomic mass is 16.5. The van der Waals surface area contributed by atoms with Gasteiger partial charge in [-0.1, -0.05) is 26.0 Å². The minimum atomic E-state index is -0.856. The number of allylic oxidation sites excluding steroid dienone is 1. The van der Waals surface area contributed by atoms with Crippen molar-refractivity contribution in [2.75, 3.05) is 7.11 Å². The third-order valence-corrected chi connectivity index (χ3v) is 3.36. The number of rotatable bonds is 9. The van der Waals surface area contributed by atoms with E-state index >= 15 is 0 Å². The highest BCUT2D eigenvalue weighted by Crippen LogP contribution is 2.32. The molecule has 122 valence electrons. The van der Waals surface area contributed by atoms with Crippen LogP contribution in [0.1, 0.15) is 31.4 Å². The number of ether oxygens (including phenoxy) is 1. The number of aromatic hydroxyl groups is 1. The summed E-state index contributed by atoms with van der Waals surface area (Å²) >= 11 is 0. The predicted octanol–water partition coefficient (Wildman–Crippen LogP) is 2.72. The van der Waals surface area contributed by atoms with Crippen molar-refractivity contribution in [1.82, 2.24) is 5.32 Å². The molecule has 5 nitrogen and oxygen atoms in total. The molecule has 1 aromatic carbocycles. The number of benzene rings is 1. The van der Waals surface area contributed by atoms with Crippen LogP contribution in [0.25, 0.3) is 0 Å². The molecule has 3 N–H and O–H groups in total. The summed E-state index contributed by atoms with van der Waals surface area (Å²) in [7, 11) is 1.49. The van der Waals surface area contributed by atoms with Gasteiger partial charge < -0.3 is 20.3 Å². The standard InChI is InChI=1S/C17H25NO4/c1-5-6-13-8-12(9-15(22-4)16(13)19)10-18-14(17(20)21)7-11(2)3/h5,8-9,11,14,18-19H,1,6-7,10H2,2-4H3,(H,20,21). The lowest BCUT2D eigenvalue weighted by Crippen LogP contribution is -2.37. The first kappa shape index (κ1) is 18.0. The van der Waals surface area contributed by atoms with Crippen molar-refractivity contribution in [3.05, 3.63) is 35.9 Å². The topological polar surface area (TPSA) is 78.8 Å². The van der Waals surface area contributed by atoms with E-state index in [0.29, 0.717) is 36.6 Å². The number of hydrogen-bond donors (Lipinski definition) is 3. The van der Waals surface area contributed by atoms with Gasteiger partial charge in [-0.2, -0.15) is 0 Å². The quantitative estimate of drug-likeness (QED) is 0.611. The molecule has 0 bridgehead atoms. The Bertz CT molecular complexity index is 526. The van der Waals surface area contributed by atoms with Crippen LogP contribution >= 0.6 is 0 Å². The fourth-order valence-corrected chi connectivity index (χ4v) is 2.28. The van der Waals surface area contributed by atoms with Gasteiger partial charge in [0.05, 0.1) is 7.11 Å². The molecule has 0 spiro atoms. The van der Waals surface area contributed by atoms with Crippen LogP contribution < -0.4 is 10.1 Å². The maximum Gasteiger partial charge on any atom is 0.320 e. The van der Waals surface area contributed by atoms with Crippen molar-refractivity contribution in [2.24, 2.45) is 5.92 Å². The minimum absolute atomic E-state index is 0.100. The summed E-state index contributed by atoms with van der Waals surface area (Å²) < 4.78 is 5.16. The maximum absolute atomic E-state index is 11.3. The number of methoxy groups -OCH3 is 1. The Labute approximate surface area is 131 Å². The Hall–Kier alpha value is -2.01. The summed E-state index contributed by atoms with van der Waals surface area (Å²) in [6.45, 7) is 8.04. The molecule has 0 saturated carbocycles. The lowest BCUT2D eigenvalue weighted by atomic mass is 10.0. The molecule has 0 heterocycles. The Balaban J connectivity index is 2.90. The van der Waals surface area contributed by atoms with Gasteiger partial charge in [0.25, 0.3) is 0 Å². The highest BCUT2D eigenvalue weighted by molar-refractivity contribution is 5.73. The summed E-state index contributed by atoms with van der Waals surface area (Å²) in [5, 5.41) is 22.3. The average Bonchev–Trinajstić information content (AvgIpc) is 2.45. The lowest BCUT2D eigenvalue weighted by Gasteiger charge is -2.17. The number of hydrogen-bond acceptors (Lipinski definition) is 4. The van der Waals surface area contributed by atoms with Crippen LogP contribution in [0.5, 0.6) is 11.5 Å². The SMILES string of the molecule is C=CCc1cc(CNC(CC(C)C)C(=O)O)cc(OC)c1O. The van der Waals surface area contributed by atoms with Crippen molar-refractivity contribution in [3.63, 3.8) is 0 Å². The van der Waals surface area contributed by atoms with Crippen LogP contribution in [0.3, 0.4) is 0 Å². The van der Waals surface area contributed by atoms with Crippen LogP contribution in [0.15, 0.2) is 24.8 Å². The van der Waals surface area contributed by atoms with E-state index in [1.165, 1.54) is 7.11 Å². The van der Waals surface area contributed by atoms with E-state index in [9.17, 15) is 15.0 Å². The molecule has 0 aromatic heterocycles. The number of phenolic OH excluding ortho intramolecular Hbond substituents is 1. The fraction of sp³-hybridized carbons (Fsp3) is 0.471. The van der Waals surface area contributed by atoms with Crippen molar-refractivity contribution in [3.8, 4) is 11.5 Å². The van der Waals surface area contributed by atoms with E-state index in [2.05, 4.69) is 11.9 Å². The lowest BCUT2D eigenvalue weighted by molar-refractivity contribution is -0.140. The predicted molar refractivity (Wildman–Crippen MR) is 86.3 cm³/mol. The monoisotopic (exact) mass is 307 g/mol. The van der Waals surface area contributed by atoms with E-state index in [4.69, 9.17) is 4.74 Å². The molecule has 0 aliphatic carbocycles. The number of carboxylic acid groups (broad SMARTS) is 1. The maximum atomic E-state index is 11.3. The second-order valence-corrected chi connectivity index (χ2v) is 5.70. The van der Waals surface area contributed by atoms with Gasteiger partial charge in [0.15, 0.2) is 11.5 Å². The third kappa shape index (κ3) is 5.07. The number of carboxylic acids is 1. The van der Waals surface area contributed by atoms with Crippen LogP contribution in [-0.4, -0.2) is 29.3 Å².